The lowest BCUT2D eigenvalue weighted by molar-refractivity contribution is -0.183. The average Bonchev–Trinajstić information content (AvgIpc) is 2.87. The maximum Gasteiger partial charge on any atom is 0.192 e. The van der Waals surface area contributed by atoms with Crippen molar-refractivity contribution in [1.29, 1.82) is 0 Å². The summed E-state index contributed by atoms with van der Waals surface area (Å²) in [4.78, 5) is 55.3. The number of Topliss-reactive ketones (excluding diaryl/α,β-unsaturated/α-hetero) is 4. The highest BCUT2D eigenvalue weighted by Gasteiger charge is 2.73. The van der Waals surface area contributed by atoms with Gasteiger partial charge >= 0.3 is 0 Å². The number of aromatic hydroxyl groups is 1. The zero-order chi connectivity index (χ0) is 30.2. The molecule has 0 heterocycles. The first-order chi connectivity index (χ1) is 19.1. The van der Waals surface area contributed by atoms with E-state index in [2.05, 4.69) is 19.1 Å². The Hall–Kier alpha value is -3.12. The van der Waals surface area contributed by atoms with Crippen LogP contribution in [0.4, 0.5) is 0 Å². The maximum atomic E-state index is 14.5. The lowest BCUT2D eigenvalue weighted by Gasteiger charge is -2.60. The lowest BCUT2D eigenvalue weighted by atomic mass is 9.41. The molecule has 6 nitrogen and oxygen atoms in total. The molecule has 5 atom stereocenters. The smallest absolute Gasteiger partial charge is 0.192 e. The van der Waals surface area contributed by atoms with Gasteiger partial charge < -0.3 is 10.2 Å². The van der Waals surface area contributed by atoms with E-state index in [0.717, 1.165) is 36.0 Å². The second-order valence-corrected chi connectivity index (χ2v) is 13.7. The molecule has 0 saturated heterocycles. The van der Waals surface area contributed by atoms with Gasteiger partial charge in [0, 0.05) is 5.41 Å². The van der Waals surface area contributed by atoms with Crippen molar-refractivity contribution in [2.45, 2.75) is 92.6 Å². The first-order valence-corrected chi connectivity index (χ1v) is 14.9. The zero-order valence-corrected chi connectivity index (χ0v) is 25.3. The number of hydrogen-bond donors (Lipinski definition) is 2. The summed E-state index contributed by atoms with van der Waals surface area (Å²) in [6, 6.07) is 3.31. The molecular formula is C35H42O6. The minimum Gasteiger partial charge on any atom is -0.507 e. The van der Waals surface area contributed by atoms with Crippen LogP contribution in [0.2, 0.25) is 0 Å². The average molecular weight is 559 g/mol. The predicted octanol–water partition coefficient (Wildman–Crippen LogP) is 6.13. The molecule has 0 bridgehead atoms. The molecule has 4 aliphatic rings. The first kappa shape index (κ1) is 29.4. The molecule has 6 heteroatoms. The summed E-state index contributed by atoms with van der Waals surface area (Å²) >= 11 is 0. The van der Waals surface area contributed by atoms with Crippen LogP contribution in [0.25, 0.3) is 6.08 Å². The fourth-order valence-corrected chi connectivity index (χ4v) is 9.02. The number of fused-ring (bicyclic) bond motifs is 3. The number of phenolic OH excluding ortho intramolecular Hbond substituents is 1. The molecule has 0 aliphatic heterocycles. The van der Waals surface area contributed by atoms with E-state index < -0.39 is 51.4 Å². The molecule has 5 rings (SSSR count). The molecule has 2 N–H and O–H groups in total. The Morgan fingerprint density at radius 2 is 1.76 bits per heavy atom. The molecule has 1 aromatic carbocycles. The van der Waals surface area contributed by atoms with E-state index in [9.17, 15) is 29.4 Å². The van der Waals surface area contributed by atoms with E-state index in [4.69, 9.17) is 0 Å². The molecule has 4 aliphatic carbocycles. The molecule has 41 heavy (non-hydrogen) atoms. The number of benzene rings is 1. The van der Waals surface area contributed by atoms with Gasteiger partial charge in [0.2, 0.25) is 0 Å². The van der Waals surface area contributed by atoms with Crippen molar-refractivity contribution in [1.82, 2.24) is 0 Å². The van der Waals surface area contributed by atoms with Gasteiger partial charge in [0.05, 0.1) is 11.5 Å². The minimum atomic E-state index is -2.52. The fraction of sp³-hybridized carbons (Fsp3) is 0.543. The molecule has 1 saturated carbocycles. The molecule has 1 aromatic rings. The number of carbonyl (C=O) groups is 4. The topological polar surface area (TPSA) is 109 Å². The van der Waals surface area contributed by atoms with Crippen LogP contribution in [0.1, 0.15) is 102 Å². The van der Waals surface area contributed by atoms with E-state index in [1.165, 1.54) is 25.0 Å². The summed E-state index contributed by atoms with van der Waals surface area (Å²) in [6.07, 6.45) is 9.25. The largest absolute Gasteiger partial charge is 0.507 e. The normalized spacial score (nSPS) is 33.8. The number of aliphatic hydroxyl groups is 1. The van der Waals surface area contributed by atoms with Gasteiger partial charge in [-0.1, -0.05) is 57.1 Å². The number of carbonyl (C=O) groups excluding carboxylic acids is 4. The molecule has 2 unspecified atom stereocenters. The van der Waals surface area contributed by atoms with Gasteiger partial charge in [-0.15, -0.1) is 0 Å². The Morgan fingerprint density at radius 1 is 1.07 bits per heavy atom. The van der Waals surface area contributed by atoms with Crippen molar-refractivity contribution in [3.63, 3.8) is 0 Å². The standard InChI is InChI=1S/C35H42O6/c1-18(2)28-20(4)26(21(5)36)31(39)35(41)32(40)29-30(38)27-24(16-33(29,6)17-34(28,35)7)23(13-14-25(27)37)15-19(3)22-11-9-8-10-12-22/h11,13-15,18,26,29,37,41H,8-10,12,16-17H2,1-7H3/b19-15+/t26?,29?,33-,34-,35+/m0/s1. The van der Waals surface area contributed by atoms with Crippen LogP contribution in [0.5, 0.6) is 5.75 Å². The van der Waals surface area contributed by atoms with E-state index in [1.54, 1.807) is 13.8 Å². The van der Waals surface area contributed by atoms with Crippen LogP contribution >= 0.6 is 0 Å². The maximum absolute atomic E-state index is 14.5. The number of rotatable bonds is 4. The van der Waals surface area contributed by atoms with Gasteiger partial charge in [-0.2, -0.15) is 0 Å². The Labute approximate surface area is 242 Å². The van der Waals surface area contributed by atoms with Crippen molar-refractivity contribution < 1.29 is 29.4 Å². The van der Waals surface area contributed by atoms with Gasteiger partial charge in [0.15, 0.2) is 23.0 Å². The van der Waals surface area contributed by atoms with Crippen LogP contribution in [0.3, 0.4) is 0 Å². The minimum absolute atomic E-state index is 0.0920. The van der Waals surface area contributed by atoms with Gasteiger partial charge in [0.1, 0.15) is 17.5 Å². The van der Waals surface area contributed by atoms with Crippen LogP contribution in [-0.2, 0) is 20.8 Å². The summed E-state index contributed by atoms with van der Waals surface area (Å²) in [7, 11) is 0. The highest BCUT2D eigenvalue weighted by atomic mass is 16.3. The van der Waals surface area contributed by atoms with Crippen molar-refractivity contribution in [3.8, 4) is 5.75 Å². The molecule has 0 spiro atoms. The van der Waals surface area contributed by atoms with E-state index in [0.29, 0.717) is 17.6 Å². The zero-order valence-electron chi connectivity index (χ0n) is 25.3. The summed E-state index contributed by atoms with van der Waals surface area (Å²) < 4.78 is 0. The third kappa shape index (κ3) is 4.00. The number of phenols is 1. The van der Waals surface area contributed by atoms with E-state index in [1.807, 2.05) is 26.8 Å². The van der Waals surface area contributed by atoms with Crippen molar-refractivity contribution in [2.75, 3.05) is 0 Å². The molecule has 0 aromatic heterocycles. The van der Waals surface area contributed by atoms with Crippen molar-refractivity contribution >= 4 is 29.2 Å². The Morgan fingerprint density at radius 3 is 2.34 bits per heavy atom. The van der Waals surface area contributed by atoms with E-state index in [-0.39, 0.29) is 23.7 Å². The SMILES string of the molecule is CC(=O)C1C(=O)[C@@]2(O)C(=O)C3C(=O)c4c(O)ccc(/C=C(\C)C5=CCCCC5)c4C[C@@]3(C)C[C@@]2(C)C(C(C)C)=C1C. The highest BCUT2D eigenvalue weighted by Crippen LogP contribution is 2.64. The predicted molar refractivity (Wildman–Crippen MR) is 157 cm³/mol. The highest BCUT2D eigenvalue weighted by molar-refractivity contribution is 6.27. The van der Waals surface area contributed by atoms with E-state index >= 15 is 0 Å². The first-order valence-electron chi connectivity index (χ1n) is 14.9. The number of hydrogen-bond acceptors (Lipinski definition) is 6. The summed E-state index contributed by atoms with van der Waals surface area (Å²) in [5, 5.41) is 23.1. The van der Waals surface area contributed by atoms with Crippen LogP contribution in [-0.4, -0.2) is 38.9 Å². The third-order valence-corrected chi connectivity index (χ3v) is 10.5. The summed E-state index contributed by atoms with van der Waals surface area (Å²) in [5.74, 6) is -5.58. The quantitative estimate of drug-likeness (QED) is 0.340. The van der Waals surface area contributed by atoms with Gasteiger partial charge in [-0.25, -0.2) is 0 Å². The van der Waals surface area contributed by atoms with Gasteiger partial charge in [0.25, 0.3) is 0 Å². The third-order valence-electron chi connectivity index (χ3n) is 10.5. The number of ketones is 4. The Bertz CT molecular complexity index is 1490. The van der Waals surface area contributed by atoms with Crippen molar-refractivity contribution in [3.05, 3.63) is 57.2 Å². The molecule has 0 amide bonds. The number of allylic oxidation sites excluding steroid dienone is 4. The fourth-order valence-electron chi connectivity index (χ4n) is 9.02. The van der Waals surface area contributed by atoms with Crippen LogP contribution < -0.4 is 0 Å². The molecule has 0 radical (unpaired) electrons. The van der Waals surface area contributed by atoms with Crippen molar-refractivity contribution in [2.24, 2.45) is 28.6 Å². The second kappa shape index (κ2) is 9.72. The summed E-state index contributed by atoms with van der Waals surface area (Å²) in [6.45, 7) is 12.7. The Balaban J connectivity index is 1.71. The molecule has 1 fully saturated rings. The van der Waals surface area contributed by atoms with Crippen LogP contribution in [0.15, 0.2) is 40.5 Å². The lowest BCUT2D eigenvalue weighted by Crippen LogP contribution is -2.73. The monoisotopic (exact) mass is 558 g/mol. The van der Waals surface area contributed by atoms with Crippen LogP contribution in [0, 0.1) is 28.6 Å². The molecule has 218 valence electrons. The van der Waals surface area contributed by atoms with Gasteiger partial charge in [-0.3, -0.25) is 19.2 Å². The molecular weight excluding hydrogens is 516 g/mol. The van der Waals surface area contributed by atoms with Gasteiger partial charge in [-0.05, 0) is 99.0 Å². The Kier molecular flexibility index (Phi) is 6.97. The summed E-state index contributed by atoms with van der Waals surface area (Å²) in [5.41, 5.74) is 0.643. The second-order valence-electron chi connectivity index (χ2n) is 13.7.